The zero-order valence-electron chi connectivity index (χ0n) is 14.3. The molecule has 6 heteroatoms. The Bertz CT molecular complexity index is 640. The molecule has 1 aromatic rings. The van der Waals surface area contributed by atoms with E-state index in [1.165, 1.54) is 0 Å². The van der Waals surface area contributed by atoms with Crippen LogP contribution in [0, 0.1) is 0 Å². The van der Waals surface area contributed by atoms with Crippen molar-refractivity contribution in [1.29, 1.82) is 0 Å². The summed E-state index contributed by atoms with van der Waals surface area (Å²) in [5, 5.41) is 18.9. The summed E-state index contributed by atoms with van der Waals surface area (Å²) in [5.41, 5.74) is 0.851. The molecule has 0 fully saturated rings. The average Bonchev–Trinajstić information content (AvgIpc) is 2.62. The third kappa shape index (κ3) is 6.22. The molecule has 1 aliphatic heterocycles. The molecular formula is C19H24O4S2. The van der Waals surface area contributed by atoms with Crippen molar-refractivity contribution in [2.75, 3.05) is 19.8 Å². The SMILES string of the molecule is C/C=C/CCOCC/C(CC(=O)O)=C1\Sc2ccccc2SC1CO. The van der Waals surface area contributed by atoms with Gasteiger partial charge >= 0.3 is 5.97 Å². The number of ether oxygens (including phenoxy) is 1. The van der Waals surface area contributed by atoms with Gasteiger partial charge in [-0.3, -0.25) is 4.79 Å². The molecule has 0 aliphatic carbocycles. The smallest absolute Gasteiger partial charge is 0.307 e. The number of fused-ring (bicyclic) bond motifs is 1. The van der Waals surface area contributed by atoms with E-state index in [0.717, 1.165) is 26.7 Å². The monoisotopic (exact) mass is 380 g/mol. The molecule has 25 heavy (non-hydrogen) atoms. The van der Waals surface area contributed by atoms with Gasteiger partial charge < -0.3 is 14.9 Å². The zero-order valence-corrected chi connectivity index (χ0v) is 15.9. The van der Waals surface area contributed by atoms with Crippen molar-refractivity contribution in [2.24, 2.45) is 0 Å². The predicted molar refractivity (Wildman–Crippen MR) is 103 cm³/mol. The maximum absolute atomic E-state index is 11.3. The van der Waals surface area contributed by atoms with E-state index in [1.807, 2.05) is 43.3 Å². The standard InChI is InChI=1S/C19H24O4S2/c1-2-3-6-10-23-11-9-14(12-18(21)22)19-17(13-20)24-15-7-4-5-8-16(15)25-19/h2-5,7-8,17,20H,6,9-13H2,1H3,(H,21,22)/b3-2+,19-14+. The molecule has 1 aromatic carbocycles. The fourth-order valence-electron chi connectivity index (χ4n) is 2.54. The Balaban J connectivity index is 2.13. The summed E-state index contributed by atoms with van der Waals surface area (Å²) in [4.78, 5) is 14.5. The molecule has 136 valence electrons. The summed E-state index contributed by atoms with van der Waals surface area (Å²) in [6.07, 6.45) is 5.45. The zero-order chi connectivity index (χ0) is 18.1. The molecule has 2 rings (SSSR count). The summed E-state index contributed by atoms with van der Waals surface area (Å²) in [5.74, 6) is -0.849. The van der Waals surface area contributed by atoms with Crippen LogP contribution in [-0.2, 0) is 9.53 Å². The van der Waals surface area contributed by atoms with Gasteiger partial charge in [-0.1, -0.05) is 36.0 Å². The molecule has 2 N–H and O–H groups in total. The third-order valence-corrected chi connectivity index (χ3v) is 6.65. The maximum Gasteiger partial charge on any atom is 0.307 e. The molecule has 1 heterocycles. The number of thioether (sulfide) groups is 2. The number of allylic oxidation sites excluding steroid dienone is 1. The molecule has 0 aromatic heterocycles. The van der Waals surface area contributed by atoms with Crippen molar-refractivity contribution in [3.63, 3.8) is 0 Å². The topological polar surface area (TPSA) is 66.8 Å². The summed E-state index contributed by atoms with van der Waals surface area (Å²) in [7, 11) is 0. The Morgan fingerprint density at radius 2 is 2.04 bits per heavy atom. The van der Waals surface area contributed by atoms with E-state index in [0.29, 0.717) is 19.6 Å². The van der Waals surface area contributed by atoms with Gasteiger partial charge in [0.1, 0.15) is 0 Å². The second kappa shape index (κ2) is 10.7. The first kappa shape index (κ1) is 20.1. The van der Waals surface area contributed by atoms with Gasteiger partial charge in [0, 0.05) is 14.7 Å². The maximum atomic E-state index is 11.3. The molecule has 0 amide bonds. The summed E-state index contributed by atoms with van der Waals surface area (Å²) < 4.78 is 5.62. The van der Waals surface area contributed by atoms with Crippen LogP contribution in [0.2, 0.25) is 0 Å². The number of rotatable bonds is 9. The first-order chi connectivity index (χ1) is 12.2. The van der Waals surface area contributed by atoms with E-state index in [2.05, 4.69) is 0 Å². The van der Waals surface area contributed by atoms with Crippen LogP contribution in [-0.4, -0.2) is 41.3 Å². The Hall–Kier alpha value is -1.21. The minimum Gasteiger partial charge on any atom is -0.481 e. The summed E-state index contributed by atoms with van der Waals surface area (Å²) in [6, 6.07) is 8.02. The van der Waals surface area contributed by atoms with E-state index in [1.54, 1.807) is 23.5 Å². The largest absolute Gasteiger partial charge is 0.481 e. The van der Waals surface area contributed by atoms with Crippen molar-refractivity contribution in [1.82, 2.24) is 0 Å². The minimum atomic E-state index is -0.849. The lowest BCUT2D eigenvalue weighted by Crippen LogP contribution is -2.17. The summed E-state index contributed by atoms with van der Waals surface area (Å²) in [6.45, 7) is 3.09. The number of carboxylic acids is 1. The molecule has 1 aliphatic rings. The second-order valence-corrected chi connectivity index (χ2v) is 7.92. The number of hydrogen-bond acceptors (Lipinski definition) is 5. The number of aliphatic hydroxyl groups excluding tert-OH is 1. The highest BCUT2D eigenvalue weighted by Crippen LogP contribution is 2.49. The van der Waals surface area contributed by atoms with E-state index in [9.17, 15) is 15.0 Å². The highest BCUT2D eigenvalue weighted by molar-refractivity contribution is 8.08. The molecule has 1 unspecified atom stereocenters. The number of aliphatic carboxylic acids is 1. The lowest BCUT2D eigenvalue weighted by molar-refractivity contribution is -0.136. The van der Waals surface area contributed by atoms with Crippen LogP contribution < -0.4 is 0 Å². The van der Waals surface area contributed by atoms with Crippen molar-refractivity contribution >= 4 is 29.5 Å². The quantitative estimate of drug-likeness (QED) is 0.490. The molecule has 1 atom stereocenters. The Morgan fingerprint density at radius 1 is 1.28 bits per heavy atom. The fraction of sp³-hybridized carbons (Fsp3) is 0.421. The van der Waals surface area contributed by atoms with Crippen molar-refractivity contribution in [2.45, 2.75) is 41.2 Å². The van der Waals surface area contributed by atoms with Crippen molar-refractivity contribution < 1.29 is 19.7 Å². The molecular weight excluding hydrogens is 356 g/mol. The Labute approximate surface area is 157 Å². The van der Waals surface area contributed by atoms with Crippen LogP contribution in [0.3, 0.4) is 0 Å². The molecule has 4 nitrogen and oxygen atoms in total. The lowest BCUT2D eigenvalue weighted by atomic mass is 10.1. The number of hydrogen-bond donors (Lipinski definition) is 2. The second-order valence-electron chi connectivity index (χ2n) is 5.60. The van der Waals surface area contributed by atoms with Crippen LogP contribution in [0.1, 0.15) is 26.2 Å². The average molecular weight is 381 g/mol. The highest BCUT2D eigenvalue weighted by Gasteiger charge is 2.27. The highest BCUT2D eigenvalue weighted by atomic mass is 32.2. The van der Waals surface area contributed by atoms with Gasteiger partial charge in [0.05, 0.1) is 31.5 Å². The minimum absolute atomic E-state index is 0.00734. The molecule has 0 bridgehead atoms. The van der Waals surface area contributed by atoms with Crippen LogP contribution in [0.5, 0.6) is 0 Å². The number of benzene rings is 1. The fourth-order valence-corrected chi connectivity index (χ4v) is 5.17. The van der Waals surface area contributed by atoms with Crippen molar-refractivity contribution in [3.05, 3.63) is 46.9 Å². The lowest BCUT2D eigenvalue weighted by Gasteiger charge is -2.27. The van der Waals surface area contributed by atoms with Gasteiger partial charge in [-0.05, 0) is 37.5 Å². The molecule has 0 spiro atoms. The van der Waals surface area contributed by atoms with Crippen LogP contribution >= 0.6 is 23.5 Å². The Kier molecular flexibility index (Phi) is 8.61. The molecule has 0 saturated heterocycles. The third-order valence-electron chi connectivity index (χ3n) is 3.72. The van der Waals surface area contributed by atoms with Crippen molar-refractivity contribution in [3.8, 4) is 0 Å². The number of carboxylic acid groups (broad SMARTS) is 1. The van der Waals surface area contributed by atoms with E-state index in [4.69, 9.17) is 4.74 Å². The first-order valence-electron chi connectivity index (χ1n) is 8.32. The molecule has 0 radical (unpaired) electrons. The van der Waals surface area contributed by atoms with Gasteiger partial charge in [0.15, 0.2) is 0 Å². The van der Waals surface area contributed by atoms with E-state index in [-0.39, 0.29) is 18.3 Å². The van der Waals surface area contributed by atoms with Crippen LogP contribution in [0.4, 0.5) is 0 Å². The van der Waals surface area contributed by atoms with Crippen LogP contribution in [0.25, 0.3) is 0 Å². The van der Waals surface area contributed by atoms with Gasteiger partial charge in [-0.25, -0.2) is 0 Å². The number of carbonyl (C=O) groups is 1. The van der Waals surface area contributed by atoms with Crippen LogP contribution in [0.15, 0.2) is 56.7 Å². The van der Waals surface area contributed by atoms with Gasteiger partial charge in [0.25, 0.3) is 0 Å². The normalized spacial score (nSPS) is 19.0. The van der Waals surface area contributed by atoms with E-state index >= 15 is 0 Å². The van der Waals surface area contributed by atoms with Gasteiger partial charge in [0.2, 0.25) is 0 Å². The molecule has 0 saturated carbocycles. The predicted octanol–water partition coefficient (Wildman–Crippen LogP) is 4.35. The first-order valence-corrected chi connectivity index (χ1v) is 10.0. The summed E-state index contributed by atoms with van der Waals surface area (Å²) >= 11 is 3.18. The Morgan fingerprint density at radius 3 is 2.72 bits per heavy atom. The van der Waals surface area contributed by atoms with E-state index < -0.39 is 5.97 Å². The number of aliphatic hydroxyl groups is 1. The van der Waals surface area contributed by atoms with Gasteiger partial charge in [-0.2, -0.15) is 0 Å². The van der Waals surface area contributed by atoms with Gasteiger partial charge in [-0.15, -0.1) is 11.8 Å².